The van der Waals surface area contributed by atoms with E-state index in [1.807, 2.05) is 0 Å². The Kier molecular flexibility index (Phi) is 4.18. The number of rotatable bonds is 2. The molecule has 0 atom stereocenters. The number of nitrogens with two attached hydrogens (primary N) is 1. The van der Waals surface area contributed by atoms with Gasteiger partial charge in [-0.25, -0.2) is 4.39 Å². The summed E-state index contributed by atoms with van der Waals surface area (Å²) in [5.41, 5.74) is 6.22. The molecule has 1 aliphatic carbocycles. The largest absolute Gasteiger partial charge is 0.399 e. The molecule has 3 N–H and O–H groups in total. The highest BCUT2D eigenvalue weighted by Gasteiger charge is 2.20. The molecule has 4 heteroatoms. The minimum Gasteiger partial charge on any atom is -0.399 e. The van der Waals surface area contributed by atoms with Gasteiger partial charge in [0.25, 0.3) is 0 Å². The predicted octanol–water partition coefficient (Wildman–Crippen LogP) is 3.32. The Morgan fingerprint density at radius 2 is 1.89 bits per heavy atom. The number of hydrogen-bond donors (Lipinski definition) is 2. The van der Waals surface area contributed by atoms with Crippen LogP contribution in [0, 0.1) is 11.7 Å². The molecule has 1 fully saturated rings. The number of hydrogen-bond acceptors (Lipinski definition) is 2. The van der Waals surface area contributed by atoms with Crippen molar-refractivity contribution in [3.63, 3.8) is 0 Å². The van der Waals surface area contributed by atoms with E-state index in [0.29, 0.717) is 5.69 Å². The summed E-state index contributed by atoms with van der Waals surface area (Å²) in [6, 6.07) is 4.22. The maximum absolute atomic E-state index is 13.5. The van der Waals surface area contributed by atoms with E-state index in [0.717, 1.165) is 25.7 Å². The van der Waals surface area contributed by atoms with Gasteiger partial charge in [-0.2, -0.15) is 0 Å². The second kappa shape index (κ2) is 5.85. The van der Waals surface area contributed by atoms with Crippen molar-refractivity contribution in [3.8, 4) is 0 Å². The van der Waals surface area contributed by atoms with Crippen LogP contribution in [0.25, 0.3) is 0 Å². The van der Waals surface area contributed by atoms with Crippen LogP contribution in [-0.4, -0.2) is 5.91 Å². The minimum absolute atomic E-state index is 0.00771. The standard InChI is InChI=1S/C14H19FN2O/c15-12-8-7-11(16)9-13(12)17-14(18)10-5-3-1-2-4-6-10/h7-10H,1-6,16H2,(H,17,18). The Labute approximate surface area is 107 Å². The first kappa shape index (κ1) is 12.9. The van der Waals surface area contributed by atoms with Crippen LogP contribution in [0.15, 0.2) is 18.2 Å². The van der Waals surface area contributed by atoms with Gasteiger partial charge in [0.2, 0.25) is 5.91 Å². The fraction of sp³-hybridized carbons (Fsp3) is 0.500. The van der Waals surface area contributed by atoms with Gasteiger partial charge in [-0.15, -0.1) is 0 Å². The van der Waals surface area contributed by atoms with Crippen LogP contribution in [-0.2, 0) is 4.79 Å². The lowest BCUT2D eigenvalue weighted by Crippen LogP contribution is -2.23. The first-order chi connectivity index (χ1) is 8.66. The lowest BCUT2D eigenvalue weighted by Gasteiger charge is -2.14. The molecule has 98 valence electrons. The van der Waals surface area contributed by atoms with Crippen LogP contribution in [0.5, 0.6) is 0 Å². The number of halogens is 1. The van der Waals surface area contributed by atoms with Crippen molar-refractivity contribution in [1.82, 2.24) is 0 Å². The van der Waals surface area contributed by atoms with Gasteiger partial charge in [0.1, 0.15) is 5.82 Å². The topological polar surface area (TPSA) is 55.1 Å². The smallest absolute Gasteiger partial charge is 0.227 e. The molecule has 2 rings (SSSR count). The van der Waals surface area contributed by atoms with Gasteiger partial charge in [-0.1, -0.05) is 25.7 Å². The van der Waals surface area contributed by atoms with Gasteiger partial charge < -0.3 is 11.1 Å². The Bertz CT molecular complexity index is 426. The molecular formula is C14H19FN2O. The summed E-state index contributed by atoms with van der Waals surface area (Å²) in [7, 11) is 0. The SMILES string of the molecule is Nc1ccc(F)c(NC(=O)C2CCCCCC2)c1. The zero-order valence-electron chi connectivity index (χ0n) is 10.4. The van der Waals surface area contributed by atoms with Crippen LogP contribution in [0.3, 0.4) is 0 Å². The fourth-order valence-corrected chi connectivity index (χ4v) is 2.42. The molecule has 0 radical (unpaired) electrons. The van der Waals surface area contributed by atoms with E-state index in [1.165, 1.54) is 31.0 Å². The van der Waals surface area contributed by atoms with Crippen LogP contribution in [0.1, 0.15) is 38.5 Å². The zero-order valence-corrected chi connectivity index (χ0v) is 10.4. The summed E-state index contributed by atoms with van der Waals surface area (Å²) in [5, 5.41) is 2.65. The number of amides is 1. The average molecular weight is 250 g/mol. The molecule has 1 aromatic rings. The predicted molar refractivity (Wildman–Crippen MR) is 70.6 cm³/mol. The Morgan fingerprint density at radius 3 is 2.56 bits per heavy atom. The summed E-state index contributed by atoms with van der Waals surface area (Å²) < 4.78 is 13.5. The zero-order chi connectivity index (χ0) is 13.0. The van der Waals surface area contributed by atoms with Crippen molar-refractivity contribution in [2.24, 2.45) is 5.92 Å². The molecule has 0 saturated heterocycles. The molecule has 1 aromatic carbocycles. The molecule has 0 aromatic heterocycles. The molecular weight excluding hydrogens is 231 g/mol. The van der Waals surface area contributed by atoms with E-state index < -0.39 is 5.82 Å². The summed E-state index contributed by atoms with van der Waals surface area (Å²) in [4.78, 5) is 12.1. The summed E-state index contributed by atoms with van der Waals surface area (Å²) >= 11 is 0. The monoisotopic (exact) mass is 250 g/mol. The van der Waals surface area contributed by atoms with Crippen molar-refractivity contribution in [1.29, 1.82) is 0 Å². The van der Waals surface area contributed by atoms with Crippen molar-refractivity contribution in [2.75, 3.05) is 11.1 Å². The minimum atomic E-state index is -0.439. The molecule has 0 aliphatic heterocycles. The number of benzene rings is 1. The first-order valence-corrected chi connectivity index (χ1v) is 6.52. The fourth-order valence-electron chi connectivity index (χ4n) is 2.42. The maximum Gasteiger partial charge on any atom is 0.227 e. The van der Waals surface area contributed by atoms with Gasteiger partial charge in [0, 0.05) is 11.6 Å². The van der Waals surface area contributed by atoms with Gasteiger partial charge >= 0.3 is 0 Å². The molecule has 18 heavy (non-hydrogen) atoms. The summed E-state index contributed by atoms with van der Waals surface area (Å²) in [6.45, 7) is 0. The molecule has 1 amide bonds. The van der Waals surface area contributed by atoms with E-state index >= 15 is 0 Å². The number of anilines is 2. The normalized spacial score (nSPS) is 17.2. The number of nitrogen functional groups attached to an aromatic ring is 1. The molecule has 1 saturated carbocycles. The molecule has 0 unspecified atom stereocenters. The highest BCUT2D eigenvalue weighted by molar-refractivity contribution is 5.93. The molecule has 0 bridgehead atoms. The molecule has 3 nitrogen and oxygen atoms in total. The highest BCUT2D eigenvalue weighted by Crippen LogP contribution is 2.25. The van der Waals surface area contributed by atoms with Crippen LogP contribution in [0.2, 0.25) is 0 Å². The highest BCUT2D eigenvalue weighted by atomic mass is 19.1. The van der Waals surface area contributed by atoms with Gasteiger partial charge in [-0.05, 0) is 31.0 Å². The van der Waals surface area contributed by atoms with Crippen LogP contribution < -0.4 is 11.1 Å². The number of carbonyl (C=O) groups excluding carboxylic acids is 1. The van der Waals surface area contributed by atoms with Crippen molar-refractivity contribution >= 4 is 17.3 Å². The quantitative estimate of drug-likeness (QED) is 0.625. The van der Waals surface area contributed by atoms with Gasteiger partial charge in [-0.3, -0.25) is 4.79 Å². The van der Waals surface area contributed by atoms with E-state index in [1.54, 1.807) is 0 Å². The maximum atomic E-state index is 13.5. The van der Waals surface area contributed by atoms with Gasteiger partial charge in [0.15, 0.2) is 0 Å². The third kappa shape index (κ3) is 3.22. The lowest BCUT2D eigenvalue weighted by molar-refractivity contribution is -0.120. The van der Waals surface area contributed by atoms with Crippen LogP contribution >= 0.6 is 0 Å². The third-order valence-corrected chi connectivity index (χ3v) is 3.47. The van der Waals surface area contributed by atoms with Gasteiger partial charge in [0.05, 0.1) is 5.69 Å². The molecule has 0 spiro atoms. The Morgan fingerprint density at radius 1 is 1.22 bits per heavy atom. The van der Waals surface area contributed by atoms with Crippen LogP contribution in [0.4, 0.5) is 15.8 Å². The molecule has 1 aliphatic rings. The first-order valence-electron chi connectivity index (χ1n) is 6.52. The third-order valence-electron chi connectivity index (χ3n) is 3.47. The van der Waals surface area contributed by atoms with Crippen molar-refractivity contribution in [3.05, 3.63) is 24.0 Å². The van der Waals surface area contributed by atoms with Crippen molar-refractivity contribution < 1.29 is 9.18 Å². The van der Waals surface area contributed by atoms with E-state index in [2.05, 4.69) is 5.32 Å². The van der Waals surface area contributed by atoms with E-state index in [4.69, 9.17) is 5.73 Å². The second-order valence-electron chi connectivity index (χ2n) is 4.92. The summed E-state index contributed by atoms with van der Waals surface area (Å²) in [6.07, 6.45) is 6.34. The average Bonchev–Trinajstić information content (AvgIpc) is 2.62. The number of carbonyl (C=O) groups is 1. The lowest BCUT2D eigenvalue weighted by atomic mass is 9.99. The molecule has 0 heterocycles. The second-order valence-corrected chi connectivity index (χ2v) is 4.92. The van der Waals surface area contributed by atoms with Crippen molar-refractivity contribution in [2.45, 2.75) is 38.5 Å². The Balaban J connectivity index is 2.03. The summed E-state index contributed by atoms with van der Waals surface area (Å²) in [5.74, 6) is -0.513. The van der Waals surface area contributed by atoms with E-state index in [-0.39, 0.29) is 17.5 Å². The Hall–Kier alpha value is -1.58. The van der Waals surface area contributed by atoms with E-state index in [9.17, 15) is 9.18 Å². The number of nitrogens with one attached hydrogen (secondary N) is 1.